The third kappa shape index (κ3) is 5.98. The molecular weight excluding hydrogens is 573 g/mol. The van der Waals surface area contributed by atoms with E-state index in [1.807, 2.05) is 6.92 Å². The van der Waals surface area contributed by atoms with Gasteiger partial charge in [-0.15, -0.1) is 0 Å². The van der Waals surface area contributed by atoms with Crippen LogP contribution in [-0.2, 0) is 9.84 Å². The molecular formula is C28H23BrFN3O4S. The van der Waals surface area contributed by atoms with Gasteiger partial charge in [-0.2, -0.15) is 0 Å². The number of carbonyl (C=O) groups is 2. The molecule has 38 heavy (non-hydrogen) atoms. The molecule has 2 amide bonds. The first-order valence-corrected chi connectivity index (χ1v) is 14.1. The number of rotatable bonds is 6. The summed E-state index contributed by atoms with van der Waals surface area (Å²) in [6.07, 6.45) is 2.62. The summed E-state index contributed by atoms with van der Waals surface area (Å²) in [6.45, 7) is 3.55. The molecule has 10 heteroatoms. The predicted molar refractivity (Wildman–Crippen MR) is 149 cm³/mol. The van der Waals surface area contributed by atoms with E-state index in [0.29, 0.717) is 22.5 Å². The lowest BCUT2D eigenvalue weighted by atomic mass is 10.0. The summed E-state index contributed by atoms with van der Waals surface area (Å²) in [4.78, 5) is 30.4. The molecule has 0 spiro atoms. The van der Waals surface area contributed by atoms with E-state index in [1.165, 1.54) is 18.2 Å². The highest BCUT2D eigenvalue weighted by atomic mass is 79.9. The molecule has 0 unspecified atom stereocenters. The Morgan fingerprint density at radius 1 is 0.895 bits per heavy atom. The van der Waals surface area contributed by atoms with E-state index in [1.54, 1.807) is 55.6 Å². The highest BCUT2D eigenvalue weighted by Gasteiger charge is 2.21. The molecule has 1 heterocycles. The van der Waals surface area contributed by atoms with Crippen LogP contribution in [0, 0.1) is 19.7 Å². The van der Waals surface area contributed by atoms with Gasteiger partial charge in [0.25, 0.3) is 11.8 Å². The predicted octanol–water partition coefficient (Wildman–Crippen LogP) is 6.18. The van der Waals surface area contributed by atoms with E-state index in [4.69, 9.17) is 0 Å². The van der Waals surface area contributed by atoms with Crippen molar-refractivity contribution in [2.45, 2.75) is 18.7 Å². The van der Waals surface area contributed by atoms with Crippen molar-refractivity contribution in [2.75, 3.05) is 16.9 Å². The van der Waals surface area contributed by atoms with Crippen LogP contribution in [0.1, 0.15) is 31.8 Å². The maximum atomic E-state index is 15.2. The number of hydrogen-bond donors (Lipinski definition) is 2. The number of aromatic nitrogens is 1. The van der Waals surface area contributed by atoms with Crippen LogP contribution in [0.15, 0.2) is 82.3 Å². The zero-order chi connectivity index (χ0) is 27.6. The third-order valence-corrected chi connectivity index (χ3v) is 7.37. The van der Waals surface area contributed by atoms with Crippen molar-refractivity contribution in [2.24, 2.45) is 0 Å². The second-order valence-corrected chi connectivity index (χ2v) is 11.6. The van der Waals surface area contributed by atoms with Crippen molar-refractivity contribution in [3.8, 4) is 11.1 Å². The van der Waals surface area contributed by atoms with Crippen LogP contribution < -0.4 is 10.6 Å². The van der Waals surface area contributed by atoms with Gasteiger partial charge in [-0.05, 0) is 82.9 Å². The number of sulfone groups is 1. The first-order valence-electron chi connectivity index (χ1n) is 11.4. The molecule has 4 rings (SSSR count). The van der Waals surface area contributed by atoms with Crippen LogP contribution >= 0.6 is 15.9 Å². The van der Waals surface area contributed by atoms with E-state index in [0.717, 1.165) is 22.4 Å². The van der Waals surface area contributed by atoms with Crippen molar-refractivity contribution >= 4 is 49.1 Å². The number of carbonyl (C=O) groups excluding carboxylic acids is 2. The first-order chi connectivity index (χ1) is 17.9. The van der Waals surface area contributed by atoms with Crippen molar-refractivity contribution in [1.29, 1.82) is 0 Å². The lowest BCUT2D eigenvalue weighted by Crippen LogP contribution is -2.20. The second-order valence-electron chi connectivity index (χ2n) is 8.74. The molecule has 0 radical (unpaired) electrons. The topological polar surface area (TPSA) is 105 Å². The van der Waals surface area contributed by atoms with Crippen molar-refractivity contribution < 1.29 is 22.4 Å². The maximum Gasteiger partial charge on any atom is 0.258 e. The van der Waals surface area contributed by atoms with Gasteiger partial charge in [0.05, 0.1) is 21.7 Å². The van der Waals surface area contributed by atoms with Crippen LogP contribution in [0.3, 0.4) is 0 Å². The summed E-state index contributed by atoms with van der Waals surface area (Å²) in [5, 5.41) is 5.37. The number of hydrogen-bond acceptors (Lipinski definition) is 5. The fourth-order valence-corrected chi connectivity index (χ4v) is 5.17. The van der Waals surface area contributed by atoms with Crippen molar-refractivity contribution in [3.63, 3.8) is 0 Å². The minimum absolute atomic E-state index is 0.0581. The van der Waals surface area contributed by atoms with Gasteiger partial charge in [-0.25, -0.2) is 17.8 Å². The molecule has 2 N–H and O–H groups in total. The number of halogens is 2. The molecule has 1 aromatic heterocycles. The molecule has 0 saturated carbocycles. The normalized spacial score (nSPS) is 11.2. The van der Waals surface area contributed by atoms with Gasteiger partial charge in [0.15, 0.2) is 9.84 Å². The summed E-state index contributed by atoms with van der Waals surface area (Å²) in [5.41, 5.74) is 2.23. The number of nitrogens with one attached hydrogen (secondary N) is 2. The van der Waals surface area contributed by atoms with Crippen molar-refractivity contribution in [3.05, 3.63) is 105 Å². The number of aryl methyl sites for hydroxylation is 2. The van der Waals surface area contributed by atoms with Gasteiger partial charge in [0, 0.05) is 22.5 Å². The minimum atomic E-state index is -3.55. The molecule has 4 aromatic rings. The molecule has 0 saturated heterocycles. The molecule has 194 valence electrons. The van der Waals surface area contributed by atoms with Crippen molar-refractivity contribution in [1.82, 2.24) is 4.98 Å². The van der Waals surface area contributed by atoms with E-state index in [9.17, 15) is 18.0 Å². The standard InChI is InChI=1S/C28H23BrFN3O4S/c1-16-12-17(2)26(22(13-16)28(35)32-25-11-9-19(29)15-31-25)33-27(34)21-10-8-18(14-23(21)30)20-6-4-5-7-24(20)38(3,36)37/h4-15H,1-3H3,(H,33,34)(H,31,32,35). The van der Waals surface area contributed by atoms with Crippen LogP contribution in [-0.4, -0.2) is 31.5 Å². The Kier molecular flexibility index (Phi) is 7.75. The van der Waals surface area contributed by atoms with E-state index in [-0.39, 0.29) is 21.7 Å². The van der Waals surface area contributed by atoms with Crippen LogP contribution in [0.4, 0.5) is 15.9 Å². The summed E-state index contributed by atoms with van der Waals surface area (Å²) in [6, 6.07) is 16.9. The van der Waals surface area contributed by atoms with Crippen LogP contribution in [0.2, 0.25) is 0 Å². The van der Waals surface area contributed by atoms with Crippen LogP contribution in [0.25, 0.3) is 11.1 Å². The highest BCUT2D eigenvalue weighted by molar-refractivity contribution is 9.10. The first kappa shape index (κ1) is 27.2. The average Bonchev–Trinajstić information content (AvgIpc) is 2.86. The summed E-state index contributed by atoms with van der Waals surface area (Å²) in [5.74, 6) is -1.76. The molecule has 0 aliphatic rings. The number of anilines is 2. The minimum Gasteiger partial charge on any atom is -0.321 e. The lowest BCUT2D eigenvalue weighted by Gasteiger charge is -2.16. The molecule has 0 bridgehead atoms. The summed E-state index contributed by atoms with van der Waals surface area (Å²) in [7, 11) is -3.55. The van der Waals surface area contributed by atoms with Gasteiger partial charge in [-0.1, -0.05) is 30.3 Å². The van der Waals surface area contributed by atoms with E-state index < -0.39 is 27.5 Å². The van der Waals surface area contributed by atoms with Gasteiger partial charge >= 0.3 is 0 Å². The van der Waals surface area contributed by atoms with E-state index >= 15 is 4.39 Å². The Morgan fingerprint density at radius 2 is 1.61 bits per heavy atom. The summed E-state index contributed by atoms with van der Waals surface area (Å²) >= 11 is 3.29. The molecule has 0 aliphatic carbocycles. The molecule has 0 aliphatic heterocycles. The average molecular weight is 596 g/mol. The van der Waals surface area contributed by atoms with Gasteiger partial charge in [-0.3, -0.25) is 9.59 Å². The Hall–Kier alpha value is -3.89. The van der Waals surface area contributed by atoms with Crippen LogP contribution in [0.5, 0.6) is 0 Å². The zero-order valence-electron chi connectivity index (χ0n) is 20.7. The largest absolute Gasteiger partial charge is 0.321 e. The second kappa shape index (κ2) is 10.8. The monoisotopic (exact) mass is 595 g/mol. The maximum absolute atomic E-state index is 15.2. The molecule has 3 aromatic carbocycles. The zero-order valence-corrected chi connectivity index (χ0v) is 23.1. The SMILES string of the molecule is Cc1cc(C)c(NC(=O)c2ccc(-c3ccccc3S(C)(=O)=O)cc2F)c(C(=O)Nc2ccc(Br)cn2)c1. The fraction of sp³-hybridized carbons (Fsp3) is 0.107. The third-order valence-electron chi connectivity index (χ3n) is 5.74. The van der Waals surface area contributed by atoms with Gasteiger partial charge < -0.3 is 10.6 Å². The van der Waals surface area contributed by atoms with Gasteiger partial charge in [0.1, 0.15) is 11.6 Å². The Morgan fingerprint density at radius 3 is 2.26 bits per heavy atom. The Labute approximate surface area is 228 Å². The highest BCUT2D eigenvalue weighted by Crippen LogP contribution is 2.30. The number of benzene rings is 3. The Bertz CT molecular complexity index is 1670. The Balaban J connectivity index is 1.65. The fourth-order valence-electron chi connectivity index (χ4n) is 4.02. The molecule has 0 fully saturated rings. The van der Waals surface area contributed by atoms with E-state index in [2.05, 4.69) is 31.5 Å². The molecule has 0 atom stereocenters. The lowest BCUT2D eigenvalue weighted by molar-refractivity contribution is 0.102. The number of pyridine rings is 1. The smallest absolute Gasteiger partial charge is 0.258 e. The molecule has 7 nitrogen and oxygen atoms in total. The number of amides is 2. The quantitative estimate of drug-likeness (QED) is 0.277. The van der Waals surface area contributed by atoms with Gasteiger partial charge in [0.2, 0.25) is 0 Å². The number of nitrogens with zero attached hydrogens (tertiary/aromatic N) is 1. The summed E-state index contributed by atoms with van der Waals surface area (Å²) < 4.78 is 40.2.